The summed E-state index contributed by atoms with van der Waals surface area (Å²) in [5.74, 6) is 0.858. The molecule has 0 radical (unpaired) electrons. The van der Waals surface area contributed by atoms with E-state index in [1.165, 1.54) is 5.56 Å². The van der Waals surface area contributed by atoms with Gasteiger partial charge in [-0.05, 0) is 44.4 Å². The van der Waals surface area contributed by atoms with Crippen LogP contribution in [0.5, 0.6) is 5.75 Å². The van der Waals surface area contributed by atoms with Gasteiger partial charge in [-0.25, -0.2) is 0 Å². The van der Waals surface area contributed by atoms with E-state index in [0.29, 0.717) is 13.0 Å². The fraction of sp³-hybridized carbons (Fsp3) is 0.571. The summed E-state index contributed by atoms with van der Waals surface area (Å²) in [4.78, 5) is 0. The average Bonchev–Trinajstić information content (AvgIpc) is 2.36. The zero-order valence-corrected chi connectivity index (χ0v) is 10.8. The molecule has 0 bridgehead atoms. The number of benzene rings is 1. The molecule has 0 saturated heterocycles. The molecule has 1 N–H and O–H groups in total. The Labute approximate surface area is 103 Å². The molecule has 1 aromatic carbocycles. The van der Waals surface area contributed by atoms with Gasteiger partial charge in [0.25, 0.3) is 0 Å². The van der Waals surface area contributed by atoms with Crippen molar-refractivity contribution in [2.45, 2.75) is 38.9 Å². The van der Waals surface area contributed by atoms with Gasteiger partial charge in [0.05, 0.1) is 19.3 Å². The zero-order valence-electron chi connectivity index (χ0n) is 10.8. The molecule has 1 rings (SSSR count). The van der Waals surface area contributed by atoms with Crippen LogP contribution in [0.15, 0.2) is 24.3 Å². The molecule has 0 spiro atoms. The van der Waals surface area contributed by atoms with Gasteiger partial charge in [-0.1, -0.05) is 12.1 Å². The van der Waals surface area contributed by atoms with Crippen molar-refractivity contribution in [1.82, 2.24) is 0 Å². The molecule has 3 nitrogen and oxygen atoms in total. The van der Waals surface area contributed by atoms with E-state index in [0.717, 1.165) is 12.2 Å². The summed E-state index contributed by atoms with van der Waals surface area (Å²) >= 11 is 0. The number of aliphatic hydroxyl groups is 1. The third-order valence-electron chi connectivity index (χ3n) is 2.86. The number of ether oxygens (including phenoxy) is 2. The summed E-state index contributed by atoms with van der Waals surface area (Å²) in [6, 6.07) is 7.93. The minimum Gasteiger partial charge on any atom is -0.497 e. The Hall–Kier alpha value is -1.06. The Balaban J connectivity index is 2.38. The fourth-order valence-electron chi connectivity index (χ4n) is 1.72. The highest BCUT2D eigenvalue weighted by molar-refractivity contribution is 5.27. The predicted octanol–water partition coefficient (Wildman–Crippen LogP) is 2.41. The van der Waals surface area contributed by atoms with E-state index in [1.807, 2.05) is 38.1 Å². The van der Waals surface area contributed by atoms with Crippen molar-refractivity contribution in [2.24, 2.45) is 0 Å². The molecule has 2 atom stereocenters. The summed E-state index contributed by atoms with van der Waals surface area (Å²) in [5.41, 5.74) is 1.20. The lowest BCUT2D eigenvalue weighted by Gasteiger charge is -2.18. The number of rotatable bonds is 7. The summed E-state index contributed by atoms with van der Waals surface area (Å²) < 4.78 is 10.5. The van der Waals surface area contributed by atoms with Crippen LogP contribution in [0, 0.1) is 0 Å². The summed E-state index contributed by atoms with van der Waals surface area (Å²) in [6.07, 6.45) is 1.06. The number of aliphatic hydroxyl groups excluding tert-OH is 1. The van der Waals surface area contributed by atoms with Crippen LogP contribution in [0.1, 0.15) is 25.8 Å². The van der Waals surface area contributed by atoms with Crippen LogP contribution in [0.2, 0.25) is 0 Å². The Morgan fingerprint density at radius 1 is 1.24 bits per heavy atom. The maximum Gasteiger partial charge on any atom is 0.118 e. The Kier molecular flexibility index (Phi) is 6.01. The van der Waals surface area contributed by atoms with Crippen LogP contribution in [-0.4, -0.2) is 31.0 Å². The van der Waals surface area contributed by atoms with Crippen molar-refractivity contribution in [3.63, 3.8) is 0 Å². The molecule has 2 unspecified atom stereocenters. The SMILES string of the molecule is CCOC(C)C(O)CCc1ccc(OC)cc1. The lowest BCUT2D eigenvalue weighted by Crippen LogP contribution is -2.26. The van der Waals surface area contributed by atoms with Gasteiger partial charge in [-0.15, -0.1) is 0 Å². The van der Waals surface area contributed by atoms with Crippen molar-refractivity contribution in [2.75, 3.05) is 13.7 Å². The molecule has 96 valence electrons. The molecule has 17 heavy (non-hydrogen) atoms. The number of hydrogen-bond donors (Lipinski definition) is 1. The maximum absolute atomic E-state index is 9.86. The lowest BCUT2D eigenvalue weighted by molar-refractivity contribution is -0.0245. The van der Waals surface area contributed by atoms with Crippen LogP contribution >= 0.6 is 0 Å². The van der Waals surface area contributed by atoms with Crippen LogP contribution in [-0.2, 0) is 11.2 Å². The quantitative estimate of drug-likeness (QED) is 0.793. The van der Waals surface area contributed by atoms with E-state index in [9.17, 15) is 5.11 Å². The van der Waals surface area contributed by atoms with Gasteiger partial charge in [0.1, 0.15) is 5.75 Å². The summed E-state index contributed by atoms with van der Waals surface area (Å²) in [6.45, 7) is 4.48. The molecule has 0 aliphatic rings. The topological polar surface area (TPSA) is 38.7 Å². The zero-order chi connectivity index (χ0) is 12.7. The van der Waals surface area contributed by atoms with Crippen molar-refractivity contribution < 1.29 is 14.6 Å². The molecule has 0 aliphatic heterocycles. The minimum absolute atomic E-state index is 0.0988. The van der Waals surface area contributed by atoms with Crippen LogP contribution < -0.4 is 4.74 Å². The summed E-state index contributed by atoms with van der Waals surface area (Å²) in [7, 11) is 1.66. The molecule has 1 aromatic rings. The van der Waals surface area contributed by atoms with Gasteiger partial charge in [-0.3, -0.25) is 0 Å². The Morgan fingerprint density at radius 2 is 1.88 bits per heavy atom. The molecule has 0 aromatic heterocycles. The van der Waals surface area contributed by atoms with E-state index in [-0.39, 0.29) is 6.10 Å². The molecule has 0 fully saturated rings. The minimum atomic E-state index is -0.406. The monoisotopic (exact) mass is 238 g/mol. The van der Waals surface area contributed by atoms with Crippen LogP contribution in [0.25, 0.3) is 0 Å². The highest BCUT2D eigenvalue weighted by Crippen LogP contribution is 2.14. The molecular weight excluding hydrogens is 216 g/mol. The van der Waals surface area contributed by atoms with Gasteiger partial charge < -0.3 is 14.6 Å². The predicted molar refractivity (Wildman–Crippen MR) is 68.4 cm³/mol. The maximum atomic E-state index is 9.86. The molecular formula is C14H22O3. The van der Waals surface area contributed by atoms with Crippen molar-refractivity contribution in [3.8, 4) is 5.75 Å². The second-order valence-corrected chi connectivity index (χ2v) is 4.11. The van der Waals surface area contributed by atoms with E-state index < -0.39 is 6.10 Å². The van der Waals surface area contributed by atoms with E-state index in [1.54, 1.807) is 7.11 Å². The van der Waals surface area contributed by atoms with Gasteiger partial charge in [-0.2, -0.15) is 0 Å². The second kappa shape index (κ2) is 7.30. The lowest BCUT2D eigenvalue weighted by atomic mass is 10.0. The summed E-state index contributed by atoms with van der Waals surface area (Å²) in [5, 5.41) is 9.86. The fourth-order valence-corrected chi connectivity index (χ4v) is 1.72. The van der Waals surface area contributed by atoms with E-state index >= 15 is 0 Å². The molecule has 0 amide bonds. The van der Waals surface area contributed by atoms with Crippen LogP contribution in [0.3, 0.4) is 0 Å². The molecule has 3 heteroatoms. The number of aryl methyl sites for hydroxylation is 1. The Morgan fingerprint density at radius 3 is 2.41 bits per heavy atom. The van der Waals surface area contributed by atoms with Gasteiger partial charge >= 0.3 is 0 Å². The van der Waals surface area contributed by atoms with Gasteiger partial charge in [0, 0.05) is 6.61 Å². The highest BCUT2D eigenvalue weighted by atomic mass is 16.5. The van der Waals surface area contributed by atoms with E-state index in [2.05, 4.69) is 0 Å². The normalized spacial score (nSPS) is 14.4. The third-order valence-corrected chi connectivity index (χ3v) is 2.86. The number of methoxy groups -OCH3 is 1. The van der Waals surface area contributed by atoms with Crippen molar-refractivity contribution in [3.05, 3.63) is 29.8 Å². The Bertz CT molecular complexity index is 308. The molecule has 0 aliphatic carbocycles. The third kappa shape index (κ3) is 4.75. The van der Waals surface area contributed by atoms with Crippen molar-refractivity contribution in [1.29, 1.82) is 0 Å². The van der Waals surface area contributed by atoms with E-state index in [4.69, 9.17) is 9.47 Å². The largest absolute Gasteiger partial charge is 0.497 e. The molecule has 0 saturated carbocycles. The molecule has 0 heterocycles. The smallest absolute Gasteiger partial charge is 0.118 e. The highest BCUT2D eigenvalue weighted by Gasteiger charge is 2.13. The second-order valence-electron chi connectivity index (χ2n) is 4.11. The first kappa shape index (κ1) is 14.0. The first-order chi connectivity index (χ1) is 8.17. The van der Waals surface area contributed by atoms with Gasteiger partial charge in [0.2, 0.25) is 0 Å². The van der Waals surface area contributed by atoms with Crippen molar-refractivity contribution >= 4 is 0 Å². The average molecular weight is 238 g/mol. The van der Waals surface area contributed by atoms with Gasteiger partial charge in [0.15, 0.2) is 0 Å². The first-order valence-electron chi connectivity index (χ1n) is 6.10. The van der Waals surface area contributed by atoms with Crippen LogP contribution in [0.4, 0.5) is 0 Å². The standard InChI is InChI=1S/C14H22O3/c1-4-17-11(2)14(15)10-7-12-5-8-13(16-3)9-6-12/h5-6,8-9,11,14-15H,4,7,10H2,1-3H3. The number of hydrogen-bond acceptors (Lipinski definition) is 3. The first-order valence-corrected chi connectivity index (χ1v) is 6.10.